The van der Waals surface area contributed by atoms with E-state index in [4.69, 9.17) is 11.6 Å². The number of aliphatic hydroxyl groups is 1. The molecule has 2 fully saturated rings. The highest BCUT2D eigenvalue weighted by atomic mass is 35.5. The van der Waals surface area contributed by atoms with Crippen LogP contribution in [-0.2, 0) is 10.4 Å². The number of aromatic nitrogens is 1. The molecule has 3 heterocycles. The smallest absolute Gasteiger partial charge is 0.381 e. The summed E-state index contributed by atoms with van der Waals surface area (Å²) >= 11 is 6.38. The number of amides is 1. The van der Waals surface area contributed by atoms with E-state index in [9.17, 15) is 27.9 Å². The fraction of sp³-hybridized carbons (Fsp3) is 0.429. The summed E-state index contributed by atoms with van der Waals surface area (Å²) < 4.78 is 41.9. The normalized spacial score (nSPS) is 21.1. The molecule has 2 unspecified atom stereocenters. The molecule has 2 aromatic carbocycles. The van der Waals surface area contributed by atoms with Crippen molar-refractivity contribution >= 4 is 34.0 Å². The molecule has 11 heteroatoms. The van der Waals surface area contributed by atoms with Gasteiger partial charge in [-0.25, -0.2) is 0 Å². The SMILES string of the molecule is O=C(N1CCC(N2CCCC(Nc3cc(Cl)c4c(=O)[nH]ccc4c3)C2)CC1)C(O)(c1ccccc1)C(F)(F)F. The molecule has 0 aliphatic carbocycles. The number of fused-ring (bicyclic) bond motifs is 1. The minimum absolute atomic E-state index is 0.119. The van der Waals surface area contributed by atoms with Crippen molar-refractivity contribution in [3.63, 3.8) is 0 Å². The van der Waals surface area contributed by atoms with Gasteiger partial charge in [0.05, 0.1) is 10.4 Å². The first-order valence-electron chi connectivity index (χ1n) is 13.0. The highest BCUT2D eigenvalue weighted by molar-refractivity contribution is 6.35. The van der Waals surface area contributed by atoms with Crippen molar-refractivity contribution < 1.29 is 23.1 Å². The first-order chi connectivity index (χ1) is 18.6. The van der Waals surface area contributed by atoms with Crippen LogP contribution in [0.15, 0.2) is 59.5 Å². The van der Waals surface area contributed by atoms with E-state index in [2.05, 4.69) is 15.2 Å². The summed E-state index contributed by atoms with van der Waals surface area (Å²) in [5.41, 5.74) is -3.48. The molecule has 0 radical (unpaired) electrons. The molecule has 0 bridgehead atoms. The van der Waals surface area contributed by atoms with Crippen LogP contribution in [0, 0.1) is 0 Å². The van der Waals surface area contributed by atoms with Crippen LogP contribution in [0.2, 0.25) is 5.02 Å². The molecule has 1 amide bonds. The van der Waals surface area contributed by atoms with E-state index >= 15 is 0 Å². The average molecular weight is 563 g/mol. The van der Waals surface area contributed by atoms with Gasteiger partial charge in [-0.1, -0.05) is 41.9 Å². The van der Waals surface area contributed by atoms with Crippen molar-refractivity contribution in [1.29, 1.82) is 0 Å². The van der Waals surface area contributed by atoms with Gasteiger partial charge in [0.25, 0.3) is 17.1 Å². The third-order valence-corrected chi connectivity index (χ3v) is 8.13. The number of halogens is 4. The number of anilines is 1. The lowest BCUT2D eigenvalue weighted by molar-refractivity contribution is -0.262. The first-order valence-corrected chi connectivity index (χ1v) is 13.4. The lowest BCUT2D eigenvalue weighted by atomic mass is 9.90. The van der Waals surface area contributed by atoms with Crippen molar-refractivity contribution in [2.75, 3.05) is 31.5 Å². The second kappa shape index (κ2) is 10.8. The van der Waals surface area contributed by atoms with Gasteiger partial charge in [-0.3, -0.25) is 14.5 Å². The summed E-state index contributed by atoms with van der Waals surface area (Å²) in [6.07, 6.45) is -0.640. The molecule has 0 saturated carbocycles. The number of benzene rings is 2. The zero-order chi connectivity index (χ0) is 27.8. The Morgan fingerprint density at radius 1 is 1.05 bits per heavy atom. The van der Waals surface area contributed by atoms with Crippen LogP contribution in [-0.4, -0.2) is 70.2 Å². The average Bonchev–Trinajstić information content (AvgIpc) is 2.92. The molecular formula is C28H30ClF3N4O3. The third-order valence-electron chi connectivity index (χ3n) is 7.83. The number of alkyl halides is 3. The van der Waals surface area contributed by atoms with Crippen LogP contribution >= 0.6 is 11.6 Å². The quantitative estimate of drug-likeness (QED) is 0.426. The second-order valence-corrected chi connectivity index (χ2v) is 10.7. The minimum atomic E-state index is -5.15. The van der Waals surface area contributed by atoms with E-state index in [1.54, 1.807) is 18.3 Å². The van der Waals surface area contributed by atoms with Gasteiger partial charge in [-0.05, 0) is 55.8 Å². The number of hydrogen-bond acceptors (Lipinski definition) is 5. The summed E-state index contributed by atoms with van der Waals surface area (Å²) in [6, 6.07) is 12.2. The summed E-state index contributed by atoms with van der Waals surface area (Å²) in [5.74, 6) is -1.33. The molecule has 2 atom stereocenters. The van der Waals surface area contributed by atoms with Gasteiger partial charge >= 0.3 is 6.18 Å². The Labute approximate surface area is 228 Å². The maximum atomic E-state index is 14.0. The highest BCUT2D eigenvalue weighted by Gasteiger charge is 2.62. The monoisotopic (exact) mass is 562 g/mol. The van der Waals surface area contributed by atoms with Gasteiger partial charge in [0.15, 0.2) is 0 Å². The van der Waals surface area contributed by atoms with Crippen molar-refractivity contribution in [1.82, 2.24) is 14.8 Å². The van der Waals surface area contributed by atoms with Crippen LogP contribution in [0.1, 0.15) is 31.2 Å². The molecule has 1 aromatic heterocycles. The van der Waals surface area contributed by atoms with Crippen LogP contribution in [0.5, 0.6) is 0 Å². The Morgan fingerprint density at radius 2 is 1.77 bits per heavy atom. The molecule has 39 heavy (non-hydrogen) atoms. The number of piperidine rings is 2. The molecule has 5 rings (SSSR count). The van der Waals surface area contributed by atoms with Gasteiger partial charge in [0.1, 0.15) is 0 Å². The van der Waals surface area contributed by atoms with E-state index in [0.717, 1.165) is 54.0 Å². The van der Waals surface area contributed by atoms with E-state index in [1.807, 2.05) is 6.07 Å². The molecule has 0 spiro atoms. The van der Waals surface area contributed by atoms with Crippen molar-refractivity contribution in [3.8, 4) is 0 Å². The fourth-order valence-corrected chi connectivity index (χ4v) is 6.12. The molecule has 2 aliphatic rings. The molecule has 2 aliphatic heterocycles. The zero-order valence-corrected chi connectivity index (χ0v) is 21.9. The summed E-state index contributed by atoms with van der Waals surface area (Å²) in [4.78, 5) is 31.2. The topological polar surface area (TPSA) is 88.7 Å². The lowest BCUT2D eigenvalue weighted by Crippen LogP contribution is -2.58. The van der Waals surface area contributed by atoms with Crippen molar-refractivity contribution in [3.05, 3.63) is 75.7 Å². The van der Waals surface area contributed by atoms with Crippen LogP contribution < -0.4 is 10.9 Å². The predicted octanol–water partition coefficient (Wildman–Crippen LogP) is 4.50. The number of likely N-dealkylation sites (tertiary alicyclic amines) is 2. The second-order valence-electron chi connectivity index (χ2n) is 10.3. The predicted molar refractivity (Wildman–Crippen MR) is 144 cm³/mol. The van der Waals surface area contributed by atoms with Gasteiger partial charge in [-0.2, -0.15) is 13.2 Å². The largest absolute Gasteiger partial charge is 0.430 e. The fourth-order valence-electron chi connectivity index (χ4n) is 5.80. The Hall–Kier alpha value is -3.08. The third kappa shape index (κ3) is 5.37. The maximum absolute atomic E-state index is 14.0. The number of nitrogens with zero attached hydrogens (tertiary/aromatic N) is 2. The molecule has 3 aromatic rings. The van der Waals surface area contributed by atoms with E-state index in [1.165, 1.54) is 18.2 Å². The van der Waals surface area contributed by atoms with E-state index < -0.39 is 23.2 Å². The van der Waals surface area contributed by atoms with E-state index in [-0.39, 0.29) is 30.7 Å². The number of carbonyl (C=O) groups excluding carboxylic acids is 1. The molecule has 208 valence electrons. The highest BCUT2D eigenvalue weighted by Crippen LogP contribution is 2.41. The van der Waals surface area contributed by atoms with Gasteiger partial charge < -0.3 is 20.3 Å². The molecule has 2 saturated heterocycles. The number of rotatable bonds is 5. The summed E-state index contributed by atoms with van der Waals surface area (Å²) in [5, 5.41) is 15.7. The number of carbonyl (C=O) groups is 1. The standard InChI is InChI=1S/C28H30ClF3N4O3/c29-23-16-21(15-18-8-11-33-25(37)24(18)23)34-20-7-4-12-36(17-20)22-9-13-35(14-10-22)26(38)27(39,28(30,31)32)19-5-2-1-3-6-19/h1-3,5-6,8,11,15-16,20,22,34,39H,4,7,9-10,12-14,17H2,(H,33,37). The zero-order valence-electron chi connectivity index (χ0n) is 21.2. The van der Waals surface area contributed by atoms with Crippen LogP contribution in [0.3, 0.4) is 0 Å². The van der Waals surface area contributed by atoms with Crippen LogP contribution in [0.25, 0.3) is 10.8 Å². The molecule has 3 N–H and O–H groups in total. The number of aromatic amines is 1. The Bertz CT molecular complexity index is 1390. The van der Waals surface area contributed by atoms with Crippen LogP contribution in [0.4, 0.5) is 18.9 Å². The maximum Gasteiger partial charge on any atom is 0.430 e. The number of pyridine rings is 1. The minimum Gasteiger partial charge on any atom is -0.381 e. The Balaban J connectivity index is 1.23. The first kappa shape index (κ1) is 27.5. The molecule has 7 nitrogen and oxygen atoms in total. The van der Waals surface area contributed by atoms with Gasteiger partial charge in [0, 0.05) is 49.2 Å². The van der Waals surface area contributed by atoms with Gasteiger partial charge in [-0.15, -0.1) is 0 Å². The van der Waals surface area contributed by atoms with E-state index in [0.29, 0.717) is 23.3 Å². The summed E-state index contributed by atoms with van der Waals surface area (Å²) in [6.45, 7) is 1.87. The lowest BCUT2D eigenvalue weighted by Gasteiger charge is -2.44. The number of hydrogen-bond donors (Lipinski definition) is 3. The Morgan fingerprint density at radius 3 is 2.46 bits per heavy atom. The number of nitrogens with one attached hydrogen (secondary N) is 2. The summed E-state index contributed by atoms with van der Waals surface area (Å²) in [7, 11) is 0. The van der Waals surface area contributed by atoms with Crippen molar-refractivity contribution in [2.24, 2.45) is 0 Å². The molecular weight excluding hydrogens is 533 g/mol. The number of H-pyrrole nitrogens is 1. The van der Waals surface area contributed by atoms with Crippen molar-refractivity contribution in [2.45, 2.75) is 49.5 Å². The van der Waals surface area contributed by atoms with Gasteiger partial charge in [0.2, 0.25) is 0 Å². The Kier molecular flexibility index (Phi) is 7.63.